The number of rotatable bonds is 5. The van der Waals surface area contributed by atoms with E-state index >= 15 is 0 Å². The molecular weight excluding hydrogens is 256 g/mol. The van der Waals surface area contributed by atoms with Crippen molar-refractivity contribution in [1.29, 1.82) is 5.26 Å². The van der Waals surface area contributed by atoms with Crippen molar-refractivity contribution < 1.29 is 4.74 Å². The fraction of sp³-hybridized carbons (Fsp3) is 0.364. The first kappa shape index (κ1) is 12.2. The smallest absolute Gasteiger partial charge is 0.0995 e. The molecule has 1 aromatic carbocycles. The number of halogens is 1. The first-order valence-electron chi connectivity index (χ1n) is 4.74. The predicted molar refractivity (Wildman–Crippen MR) is 62.2 cm³/mol. The molecule has 15 heavy (non-hydrogen) atoms. The summed E-state index contributed by atoms with van der Waals surface area (Å²) in [4.78, 5) is 0. The Morgan fingerprint density at radius 1 is 1.47 bits per heavy atom. The summed E-state index contributed by atoms with van der Waals surface area (Å²) in [6.45, 7) is 1.74. The zero-order valence-electron chi connectivity index (χ0n) is 8.37. The van der Waals surface area contributed by atoms with E-state index in [0.29, 0.717) is 25.3 Å². The van der Waals surface area contributed by atoms with Gasteiger partial charge in [-0.2, -0.15) is 5.26 Å². The lowest BCUT2D eigenvalue weighted by molar-refractivity contribution is 0.120. The molecule has 0 radical (unpaired) electrons. The minimum atomic E-state index is 0.468. The molecule has 2 N–H and O–H groups in total. The molecular formula is C11H13BrN2O. The number of hydrogen-bond donors (Lipinski definition) is 1. The quantitative estimate of drug-likeness (QED) is 0.833. The molecule has 1 aromatic rings. The number of nitrogens with two attached hydrogens (primary N) is 1. The van der Waals surface area contributed by atoms with Gasteiger partial charge in [0.05, 0.1) is 18.2 Å². The van der Waals surface area contributed by atoms with E-state index in [2.05, 4.69) is 22.0 Å². The van der Waals surface area contributed by atoms with Crippen LogP contribution in [0.3, 0.4) is 0 Å². The van der Waals surface area contributed by atoms with Crippen molar-refractivity contribution >= 4 is 15.9 Å². The van der Waals surface area contributed by atoms with Gasteiger partial charge in [0.25, 0.3) is 0 Å². The Labute approximate surface area is 98.0 Å². The van der Waals surface area contributed by atoms with Gasteiger partial charge in [-0.1, -0.05) is 22.0 Å². The van der Waals surface area contributed by atoms with Crippen molar-refractivity contribution in [3.8, 4) is 6.07 Å². The van der Waals surface area contributed by atoms with Crippen LogP contribution in [0.15, 0.2) is 22.7 Å². The van der Waals surface area contributed by atoms with Gasteiger partial charge in [-0.05, 0) is 30.7 Å². The normalized spacial score (nSPS) is 9.93. The van der Waals surface area contributed by atoms with E-state index in [4.69, 9.17) is 15.7 Å². The minimum absolute atomic E-state index is 0.468. The number of ether oxygens (including phenoxy) is 1. The summed E-state index contributed by atoms with van der Waals surface area (Å²) in [5.41, 5.74) is 6.91. The van der Waals surface area contributed by atoms with Crippen LogP contribution in [-0.2, 0) is 11.3 Å². The molecule has 0 saturated heterocycles. The number of benzene rings is 1. The third-order valence-corrected chi connectivity index (χ3v) is 2.44. The second kappa shape index (κ2) is 6.57. The Morgan fingerprint density at radius 2 is 2.27 bits per heavy atom. The van der Waals surface area contributed by atoms with E-state index in [0.717, 1.165) is 16.5 Å². The summed E-state index contributed by atoms with van der Waals surface area (Å²) >= 11 is 3.32. The molecule has 0 heterocycles. The summed E-state index contributed by atoms with van der Waals surface area (Å²) in [6, 6.07) is 7.74. The zero-order valence-corrected chi connectivity index (χ0v) is 9.96. The van der Waals surface area contributed by atoms with Crippen LogP contribution in [0.1, 0.15) is 17.5 Å². The standard InChI is InChI=1S/C11H13BrN2O/c12-11-3-2-9(10(6-11)7-14)8-15-5-1-4-13/h2-3,6H,1,4-5,8,13H2. The lowest BCUT2D eigenvalue weighted by Crippen LogP contribution is -2.04. The van der Waals surface area contributed by atoms with Crippen LogP contribution in [0.4, 0.5) is 0 Å². The van der Waals surface area contributed by atoms with Gasteiger partial charge >= 0.3 is 0 Å². The molecule has 0 aromatic heterocycles. The number of nitrogens with zero attached hydrogens (tertiary/aromatic N) is 1. The maximum absolute atomic E-state index is 8.90. The average Bonchev–Trinajstić information content (AvgIpc) is 2.26. The van der Waals surface area contributed by atoms with Crippen LogP contribution >= 0.6 is 15.9 Å². The van der Waals surface area contributed by atoms with E-state index in [1.54, 1.807) is 6.07 Å². The van der Waals surface area contributed by atoms with Crippen molar-refractivity contribution in [3.63, 3.8) is 0 Å². The second-order valence-electron chi connectivity index (χ2n) is 3.11. The van der Waals surface area contributed by atoms with Crippen LogP contribution in [0.2, 0.25) is 0 Å². The van der Waals surface area contributed by atoms with Gasteiger partial charge in [-0.15, -0.1) is 0 Å². The Morgan fingerprint density at radius 3 is 2.93 bits per heavy atom. The number of nitriles is 1. The van der Waals surface area contributed by atoms with Crippen molar-refractivity contribution in [1.82, 2.24) is 0 Å². The summed E-state index contributed by atoms with van der Waals surface area (Å²) in [6.07, 6.45) is 0.846. The molecule has 4 heteroatoms. The van der Waals surface area contributed by atoms with Gasteiger partial charge in [0.1, 0.15) is 0 Å². The molecule has 0 fully saturated rings. The lowest BCUT2D eigenvalue weighted by atomic mass is 10.1. The van der Waals surface area contributed by atoms with Crippen molar-refractivity contribution in [2.75, 3.05) is 13.2 Å². The molecule has 0 saturated carbocycles. The molecule has 1 rings (SSSR count). The highest BCUT2D eigenvalue weighted by atomic mass is 79.9. The van der Waals surface area contributed by atoms with Crippen molar-refractivity contribution in [2.24, 2.45) is 5.73 Å². The Kier molecular flexibility index (Phi) is 5.33. The monoisotopic (exact) mass is 268 g/mol. The first-order chi connectivity index (χ1) is 7.27. The second-order valence-corrected chi connectivity index (χ2v) is 4.02. The van der Waals surface area contributed by atoms with Crippen LogP contribution < -0.4 is 5.73 Å². The number of hydrogen-bond acceptors (Lipinski definition) is 3. The Balaban J connectivity index is 2.57. The van der Waals surface area contributed by atoms with E-state index in [-0.39, 0.29) is 0 Å². The van der Waals surface area contributed by atoms with E-state index in [1.165, 1.54) is 0 Å². The molecule has 0 amide bonds. The SMILES string of the molecule is N#Cc1cc(Br)ccc1COCCCN. The van der Waals surface area contributed by atoms with Crippen LogP contribution in [0.5, 0.6) is 0 Å². The van der Waals surface area contributed by atoms with E-state index in [9.17, 15) is 0 Å². The van der Waals surface area contributed by atoms with E-state index in [1.807, 2.05) is 12.1 Å². The Bertz CT molecular complexity index is 360. The highest BCUT2D eigenvalue weighted by molar-refractivity contribution is 9.10. The lowest BCUT2D eigenvalue weighted by Gasteiger charge is -2.05. The Hall–Kier alpha value is -0.890. The van der Waals surface area contributed by atoms with E-state index < -0.39 is 0 Å². The van der Waals surface area contributed by atoms with Crippen LogP contribution in [0.25, 0.3) is 0 Å². The summed E-state index contributed by atoms with van der Waals surface area (Å²) in [5, 5.41) is 8.90. The molecule has 0 aliphatic carbocycles. The molecule has 0 atom stereocenters. The molecule has 80 valence electrons. The van der Waals surface area contributed by atoms with Gasteiger partial charge in [-0.25, -0.2) is 0 Å². The maximum Gasteiger partial charge on any atom is 0.0995 e. The van der Waals surface area contributed by atoms with Gasteiger partial charge < -0.3 is 10.5 Å². The molecule has 0 bridgehead atoms. The summed E-state index contributed by atoms with van der Waals surface area (Å²) in [7, 11) is 0. The molecule has 0 unspecified atom stereocenters. The molecule has 3 nitrogen and oxygen atoms in total. The topological polar surface area (TPSA) is 59.0 Å². The van der Waals surface area contributed by atoms with Crippen molar-refractivity contribution in [2.45, 2.75) is 13.0 Å². The maximum atomic E-state index is 8.90. The van der Waals surface area contributed by atoms with Gasteiger partial charge in [0, 0.05) is 11.1 Å². The summed E-state index contributed by atoms with van der Waals surface area (Å²) in [5.74, 6) is 0. The van der Waals surface area contributed by atoms with Crippen LogP contribution in [0, 0.1) is 11.3 Å². The average molecular weight is 269 g/mol. The third-order valence-electron chi connectivity index (χ3n) is 1.94. The first-order valence-corrected chi connectivity index (χ1v) is 5.53. The van der Waals surface area contributed by atoms with Crippen molar-refractivity contribution in [3.05, 3.63) is 33.8 Å². The fourth-order valence-electron chi connectivity index (χ4n) is 1.15. The van der Waals surface area contributed by atoms with Gasteiger partial charge in [0.2, 0.25) is 0 Å². The van der Waals surface area contributed by atoms with Crippen LogP contribution in [-0.4, -0.2) is 13.2 Å². The highest BCUT2D eigenvalue weighted by Gasteiger charge is 2.02. The molecule has 0 aliphatic rings. The minimum Gasteiger partial charge on any atom is -0.377 e. The fourth-order valence-corrected chi connectivity index (χ4v) is 1.51. The highest BCUT2D eigenvalue weighted by Crippen LogP contribution is 2.16. The van der Waals surface area contributed by atoms with Gasteiger partial charge in [0.15, 0.2) is 0 Å². The van der Waals surface area contributed by atoms with Gasteiger partial charge in [-0.3, -0.25) is 0 Å². The molecule has 0 spiro atoms. The largest absolute Gasteiger partial charge is 0.377 e. The predicted octanol–water partition coefficient (Wildman–Crippen LogP) is 2.19. The third kappa shape index (κ3) is 4.00. The summed E-state index contributed by atoms with van der Waals surface area (Å²) < 4.78 is 6.30. The zero-order chi connectivity index (χ0) is 11.1. The molecule has 0 aliphatic heterocycles.